The molecule has 0 amide bonds. The molecule has 0 radical (unpaired) electrons. The third-order valence-corrected chi connectivity index (χ3v) is 2.72. The first-order chi connectivity index (χ1) is 9.13. The number of anilines is 1. The molecule has 5 nitrogen and oxygen atoms in total. The molecule has 0 spiro atoms. The summed E-state index contributed by atoms with van der Waals surface area (Å²) in [5.41, 5.74) is 1.40. The third kappa shape index (κ3) is 2.92. The van der Waals surface area contributed by atoms with Gasteiger partial charge in [0.15, 0.2) is 0 Å². The number of nitrogens with one attached hydrogen (secondary N) is 1. The van der Waals surface area contributed by atoms with E-state index in [1.54, 1.807) is 19.2 Å². The minimum absolute atomic E-state index is 0.249. The maximum absolute atomic E-state index is 8.89. The first-order valence-electron chi connectivity index (χ1n) is 5.53. The standard InChI is InChI=1S/C13H11ClN4O/c1-8-3-4-9(6-15)5-11(8)19-12-10(14)7-17-13(16-2)18-12/h3-5,7H,1-2H3,(H,16,17,18). The maximum atomic E-state index is 8.89. The highest BCUT2D eigenvalue weighted by atomic mass is 35.5. The van der Waals surface area contributed by atoms with Gasteiger partial charge in [-0.3, -0.25) is 0 Å². The van der Waals surface area contributed by atoms with Crippen LogP contribution in [-0.2, 0) is 0 Å². The Labute approximate surface area is 115 Å². The highest BCUT2D eigenvalue weighted by Crippen LogP contribution is 2.30. The first kappa shape index (κ1) is 13.1. The van der Waals surface area contributed by atoms with E-state index in [1.165, 1.54) is 6.20 Å². The van der Waals surface area contributed by atoms with Crippen molar-refractivity contribution in [2.45, 2.75) is 6.92 Å². The molecule has 2 rings (SSSR count). The van der Waals surface area contributed by atoms with E-state index >= 15 is 0 Å². The summed E-state index contributed by atoms with van der Waals surface area (Å²) < 4.78 is 5.65. The molecular weight excluding hydrogens is 264 g/mol. The number of halogens is 1. The fourth-order valence-corrected chi connectivity index (χ4v) is 1.56. The van der Waals surface area contributed by atoms with Gasteiger partial charge in [0.25, 0.3) is 0 Å². The molecule has 1 heterocycles. The van der Waals surface area contributed by atoms with E-state index in [1.807, 2.05) is 13.0 Å². The van der Waals surface area contributed by atoms with Crippen LogP contribution >= 0.6 is 11.6 Å². The predicted molar refractivity (Wildman–Crippen MR) is 72.6 cm³/mol. The van der Waals surface area contributed by atoms with E-state index < -0.39 is 0 Å². The second kappa shape index (κ2) is 5.55. The SMILES string of the molecule is CNc1ncc(Cl)c(Oc2cc(C#N)ccc2C)n1. The van der Waals surface area contributed by atoms with Crippen molar-refractivity contribution < 1.29 is 4.74 Å². The molecule has 6 heteroatoms. The van der Waals surface area contributed by atoms with Crippen LogP contribution in [0.15, 0.2) is 24.4 Å². The van der Waals surface area contributed by atoms with Crippen LogP contribution in [0.4, 0.5) is 5.95 Å². The lowest BCUT2D eigenvalue weighted by molar-refractivity contribution is 0.459. The van der Waals surface area contributed by atoms with E-state index in [0.29, 0.717) is 22.3 Å². The third-order valence-electron chi connectivity index (χ3n) is 2.46. The Bertz CT molecular complexity index is 652. The molecule has 1 aromatic carbocycles. The molecule has 0 unspecified atom stereocenters. The molecule has 0 aliphatic carbocycles. The van der Waals surface area contributed by atoms with Crippen LogP contribution in [0.2, 0.25) is 5.02 Å². The molecule has 0 fully saturated rings. The maximum Gasteiger partial charge on any atom is 0.243 e. The summed E-state index contributed by atoms with van der Waals surface area (Å²) in [6, 6.07) is 7.24. The monoisotopic (exact) mass is 274 g/mol. The van der Waals surface area contributed by atoms with Gasteiger partial charge in [0, 0.05) is 7.05 Å². The van der Waals surface area contributed by atoms with Gasteiger partial charge >= 0.3 is 0 Å². The van der Waals surface area contributed by atoms with Crippen LogP contribution in [0, 0.1) is 18.3 Å². The molecule has 2 aromatic rings. The number of hydrogen-bond donors (Lipinski definition) is 1. The fourth-order valence-electron chi connectivity index (χ4n) is 1.43. The average Bonchev–Trinajstić information content (AvgIpc) is 2.43. The summed E-state index contributed by atoms with van der Waals surface area (Å²) >= 11 is 5.99. The number of rotatable bonds is 3. The number of aryl methyl sites for hydroxylation is 1. The van der Waals surface area contributed by atoms with E-state index in [2.05, 4.69) is 21.4 Å². The van der Waals surface area contributed by atoms with Gasteiger partial charge < -0.3 is 10.1 Å². The van der Waals surface area contributed by atoms with Gasteiger partial charge in [-0.1, -0.05) is 17.7 Å². The molecule has 0 saturated heterocycles. The highest BCUT2D eigenvalue weighted by molar-refractivity contribution is 6.31. The Morgan fingerprint density at radius 1 is 1.42 bits per heavy atom. The lowest BCUT2D eigenvalue weighted by Gasteiger charge is -2.10. The van der Waals surface area contributed by atoms with Crippen molar-refractivity contribution in [1.29, 1.82) is 5.26 Å². The van der Waals surface area contributed by atoms with Crippen molar-refractivity contribution in [3.8, 4) is 17.7 Å². The number of benzene rings is 1. The largest absolute Gasteiger partial charge is 0.437 e. The molecule has 0 aliphatic rings. The highest BCUT2D eigenvalue weighted by Gasteiger charge is 2.09. The summed E-state index contributed by atoms with van der Waals surface area (Å²) in [5.74, 6) is 1.20. The molecule has 0 atom stereocenters. The van der Waals surface area contributed by atoms with Gasteiger partial charge in [0.1, 0.15) is 10.8 Å². The minimum Gasteiger partial charge on any atom is -0.437 e. The minimum atomic E-state index is 0.249. The molecule has 96 valence electrons. The zero-order chi connectivity index (χ0) is 13.8. The Balaban J connectivity index is 2.38. The summed E-state index contributed by atoms with van der Waals surface area (Å²) in [6.45, 7) is 1.88. The van der Waals surface area contributed by atoms with Crippen molar-refractivity contribution in [1.82, 2.24) is 9.97 Å². The van der Waals surface area contributed by atoms with Gasteiger partial charge in [0.2, 0.25) is 11.8 Å². The zero-order valence-electron chi connectivity index (χ0n) is 10.4. The van der Waals surface area contributed by atoms with E-state index in [4.69, 9.17) is 21.6 Å². The Morgan fingerprint density at radius 3 is 2.89 bits per heavy atom. The fraction of sp³-hybridized carbons (Fsp3) is 0.154. The van der Waals surface area contributed by atoms with Gasteiger partial charge in [0.05, 0.1) is 17.8 Å². The topological polar surface area (TPSA) is 70.8 Å². The van der Waals surface area contributed by atoms with Crippen molar-refractivity contribution in [2.24, 2.45) is 0 Å². The number of nitrogens with zero attached hydrogens (tertiary/aromatic N) is 3. The van der Waals surface area contributed by atoms with E-state index in [9.17, 15) is 0 Å². The van der Waals surface area contributed by atoms with Gasteiger partial charge in [-0.05, 0) is 24.6 Å². The summed E-state index contributed by atoms with van der Waals surface area (Å²) in [5, 5.41) is 12.0. The number of hydrogen-bond acceptors (Lipinski definition) is 5. The molecule has 19 heavy (non-hydrogen) atoms. The number of aromatic nitrogens is 2. The van der Waals surface area contributed by atoms with Crippen LogP contribution in [0.3, 0.4) is 0 Å². The summed E-state index contributed by atoms with van der Waals surface area (Å²) in [4.78, 5) is 8.09. The first-order valence-corrected chi connectivity index (χ1v) is 5.90. The number of ether oxygens (including phenoxy) is 1. The van der Waals surface area contributed by atoms with Gasteiger partial charge in [-0.25, -0.2) is 4.98 Å². The van der Waals surface area contributed by atoms with Crippen LogP contribution in [0.25, 0.3) is 0 Å². The molecule has 0 bridgehead atoms. The van der Waals surface area contributed by atoms with Gasteiger partial charge in [-0.2, -0.15) is 10.2 Å². The second-order valence-corrected chi connectivity index (χ2v) is 4.20. The summed E-state index contributed by atoms with van der Waals surface area (Å²) in [6.07, 6.45) is 1.46. The molecular formula is C13H11ClN4O. The number of nitriles is 1. The molecule has 1 N–H and O–H groups in total. The van der Waals surface area contributed by atoms with Crippen LogP contribution in [-0.4, -0.2) is 17.0 Å². The summed E-state index contributed by atoms with van der Waals surface area (Å²) in [7, 11) is 1.70. The smallest absolute Gasteiger partial charge is 0.243 e. The molecule has 0 aliphatic heterocycles. The van der Waals surface area contributed by atoms with Gasteiger partial charge in [-0.15, -0.1) is 0 Å². The van der Waals surface area contributed by atoms with Crippen molar-refractivity contribution in [3.63, 3.8) is 0 Å². The van der Waals surface area contributed by atoms with Crippen LogP contribution in [0.5, 0.6) is 11.6 Å². The normalized spacial score (nSPS) is 9.79. The molecule has 0 saturated carbocycles. The zero-order valence-corrected chi connectivity index (χ0v) is 11.2. The van der Waals surface area contributed by atoms with E-state index in [0.717, 1.165) is 5.56 Å². The van der Waals surface area contributed by atoms with E-state index in [-0.39, 0.29) is 5.88 Å². The van der Waals surface area contributed by atoms with Crippen molar-refractivity contribution in [2.75, 3.05) is 12.4 Å². The average molecular weight is 275 g/mol. The van der Waals surface area contributed by atoms with Crippen molar-refractivity contribution in [3.05, 3.63) is 40.5 Å². The van der Waals surface area contributed by atoms with Crippen molar-refractivity contribution >= 4 is 17.5 Å². The van der Waals surface area contributed by atoms with Crippen LogP contribution < -0.4 is 10.1 Å². The predicted octanol–water partition coefficient (Wildman–Crippen LogP) is 3.14. The van der Waals surface area contributed by atoms with Crippen LogP contribution in [0.1, 0.15) is 11.1 Å². The Hall–Kier alpha value is -2.32. The second-order valence-electron chi connectivity index (χ2n) is 3.79. The lowest BCUT2D eigenvalue weighted by Crippen LogP contribution is -1.99. The molecule has 1 aromatic heterocycles. The Kier molecular flexibility index (Phi) is 3.83. The Morgan fingerprint density at radius 2 is 2.21 bits per heavy atom. The lowest BCUT2D eigenvalue weighted by atomic mass is 10.1. The quantitative estimate of drug-likeness (QED) is 0.931.